The van der Waals surface area contributed by atoms with Crippen LogP contribution in [0, 0.1) is 0 Å². The predicted octanol–water partition coefficient (Wildman–Crippen LogP) is 0.636. The molecule has 0 bridgehead atoms. The minimum Gasteiger partial charge on any atom is -0.469 e. The fourth-order valence-electron chi connectivity index (χ4n) is 1.91. The van der Waals surface area contributed by atoms with Gasteiger partial charge < -0.3 is 20.1 Å². The summed E-state index contributed by atoms with van der Waals surface area (Å²) in [5, 5.41) is 5.99. The maximum atomic E-state index is 11.7. The molecule has 1 aliphatic heterocycles. The first-order valence-electron chi connectivity index (χ1n) is 6.91. The fraction of sp³-hybridized carbons (Fsp3) is 0.846. The number of nitrogens with one attached hydrogen (secondary N) is 2. The van der Waals surface area contributed by atoms with E-state index in [1.165, 1.54) is 7.11 Å². The van der Waals surface area contributed by atoms with Gasteiger partial charge in [0.15, 0.2) is 0 Å². The van der Waals surface area contributed by atoms with Gasteiger partial charge in [-0.3, -0.25) is 9.59 Å². The van der Waals surface area contributed by atoms with E-state index >= 15 is 0 Å². The summed E-state index contributed by atoms with van der Waals surface area (Å²) in [5.74, 6) is -0.197. The van der Waals surface area contributed by atoms with Crippen molar-refractivity contribution in [3.8, 4) is 0 Å². The van der Waals surface area contributed by atoms with Crippen molar-refractivity contribution >= 4 is 24.3 Å². The van der Waals surface area contributed by atoms with E-state index in [-0.39, 0.29) is 30.4 Å². The highest BCUT2D eigenvalue weighted by molar-refractivity contribution is 5.85. The molecule has 0 aromatic carbocycles. The van der Waals surface area contributed by atoms with Gasteiger partial charge in [0.25, 0.3) is 0 Å². The number of amides is 1. The van der Waals surface area contributed by atoms with Crippen LogP contribution in [0.15, 0.2) is 0 Å². The van der Waals surface area contributed by atoms with Crippen molar-refractivity contribution < 1.29 is 19.1 Å². The molecule has 1 unspecified atom stereocenters. The Hall–Kier alpha value is -0.850. The first kappa shape index (κ1) is 19.1. The Labute approximate surface area is 126 Å². The zero-order valence-corrected chi connectivity index (χ0v) is 12.8. The molecule has 0 aliphatic carbocycles. The number of ether oxygens (including phenoxy) is 2. The summed E-state index contributed by atoms with van der Waals surface area (Å²) < 4.78 is 9.91. The third-order valence-electron chi connectivity index (χ3n) is 3.05. The van der Waals surface area contributed by atoms with Crippen molar-refractivity contribution in [2.24, 2.45) is 0 Å². The minimum atomic E-state index is -0.354. The Kier molecular flexibility index (Phi) is 11.4. The molecule has 6 nitrogen and oxygen atoms in total. The Balaban J connectivity index is 0.00000361. The molecule has 1 aliphatic rings. The maximum absolute atomic E-state index is 11.7. The number of rotatable bonds is 8. The average molecular weight is 309 g/mol. The molecule has 1 amide bonds. The Morgan fingerprint density at radius 1 is 1.30 bits per heavy atom. The van der Waals surface area contributed by atoms with Crippen LogP contribution in [0.3, 0.4) is 0 Å². The number of methoxy groups -OCH3 is 1. The summed E-state index contributed by atoms with van der Waals surface area (Å²) in [6, 6.07) is 0. The summed E-state index contributed by atoms with van der Waals surface area (Å²) in [5.41, 5.74) is 0. The number of halogens is 1. The van der Waals surface area contributed by atoms with Gasteiger partial charge in [0.2, 0.25) is 5.91 Å². The zero-order valence-electron chi connectivity index (χ0n) is 12.0. The van der Waals surface area contributed by atoms with Gasteiger partial charge in [-0.15, -0.1) is 12.4 Å². The van der Waals surface area contributed by atoms with Crippen molar-refractivity contribution in [1.29, 1.82) is 0 Å². The number of unbranched alkanes of at least 4 members (excludes halogenated alkanes) is 3. The van der Waals surface area contributed by atoms with E-state index in [0.717, 1.165) is 32.2 Å². The van der Waals surface area contributed by atoms with Crippen LogP contribution in [0.5, 0.6) is 0 Å². The summed E-state index contributed by atoms with van der Waals surface area (Å²) >= 11 is 0. The Bertz CT molecular complexity index is 284. The monoisotopic (exact) mass is 308 g/mol. The SMILES string of the molecule is COC(=O)CCCCCCNC(=O)C1CNCCO1.Cl. The van der Waals surface area contributed by atoms with Gasteiger partial charge in [-0.1, -0.05) is 12.8 Å². The van der Waals surface area contributed by atoms with Crippen molar-refractivity contribution in [2.75, 3.05) is 33.4 Å². The van der Waals surface area contributed by atoms with Gasteiger partial charge >= 0.3 is 5.97 Å². The second-order valence-electron chi connectivity index (χ2n) is 4.59. The van der Waals surface area contributed by atoms with E-state index in [1.807, 2.05) is 0 Å². The normalized spacial score (nSPS) is 17.9. The first-order valence-corrected chi connectivity index (χ1v) is 6.91. The van der Waals surface area contributed by atoms with E-state index in [0.29, 0.717) is 26.1 Å². The van der Waals surface area contributed by atoms with Gasteiger partial charge in [-0.25, -0.2) is 0 Å². The van der Waals surface area contributed by atoms with E-state index in [9.17, 15) is 9.59 Å². The number of carbonyl (C=O) groups is 2. The smallest absolute Gasteiger partial charge is 0.305 e. The van der Waals surface area contributed by atoms with Crippen molar-refractivity contribution in [3.05, 3.63) is 0 Å². The average Bonchev–Trinajstić information content (AvgIpc) is 2.46. The molecule has 20 heavy (non-hydrogen) atoms. The van der Waals surface area contributed by atoms with Crippen LogP contribution in [0.4, 0.5) is 0 Å². The molecule has 0 saturated carbocycles. The lowest BCUT2D eigenvalue weighted by molar-refractivity contribution is -0.140. The number of hydrogen-bond acceptors (Lipinski definition) is 5. The number of esters is 1. The summed E-state index contributed by atoms with van der Waals surface area (Å²) in [7, 11) is 1.40. The standard InChI is InChI=1S/C13H24N2O4.ClH/c1-18-12(16)6-4-2-3-5-7-15-13(17)11-10-14-8-9-19-11;/h11,14H,2-10H2,1H3,(H,15,17);1H. The highest BCUT2D eigenvalue weighted by Gasteiger charge is 2.20. The van der Waals surface area contributed by atoms with E-state index in [2.05, 4.69) is 15.4 Å². The fourth-order valence-corrected chi connectivity index (χ4v) is 1.91. The summed E-state index contributed by atoms with van der Waals surface area (Å²) in [6.45, 7) is 2.65. The first-order chi connectivity index (χ1) is 9.24. The van der Waals surface area contributed by atoms with Gasteiger partial charge in [0.05, 0.1) is 13.7 Å². The summed E-state index contributed by atoms with van der Waals surface area (Å²) in [6.07, 6.45) is 3.87. The lowest BCUT2D eigenvalue weighted by atomic mass is 10.1. The van der Waals surface area contributed by atoms with Crippen LogP contribution >= 0.6 is 12.4 Å². The maximum Gasteiger partial charge on any atom is 0.305 e. The zero-order chi connectivity index (χ0) is 13.9. The van der Waals surface area contributed by atoms with E-state index in [1.54, 1.807) is 0 Å². The van der Waals surface area contributed by atoms with Crippen LogP contribution in [0.25, 0.3) is 0 Å². The summed E-state index contributed by atoms with van der Waals surface area (Å²) in [4.78, 5) is 22.5. The molecule has 1 saturated heterocycles. The Morgan fingerprint density at radius 3 is 2.70 bits per heavy atom. The lowest BCUT2D eigenvalue weighted by Crippen LogP contribution is -2.48. The van der Waals surface area contributed by atoms with E-state index in [4.69, 9.17) is 4.74 Å². The van der Waals surface area contributed by atoms with E-state index < -0.39 is 0 Å². The second-order valence-corrected chi connectivity index (χ2v) is 4.59. The second kappa shape index (κ2) is 11.9. The molecule has 1 rings (SSSR count). The molecule has 0 aromatic rings. The molecule has 1 fully saturated rings. The van der Waals surface area contributed by atoms with Crippen molar-refractivity contribution in [2.45, 2.75) is 38.2 Å². The van der Waals surface area contributed by atoms with Gasteiger partial charge in [0, 0.05) is 26.1 Å². The number of morpholine rings is 1. The van der Waals surface area contributed by atoms with Crippen LogP contribution < -0.4 is 10.6 Å². The Morgan fingerprint density at radius 2 is 2.05 bits per heavy atom. The third kappa shape index (κ3) is 8.35. The largest absolute Gasteiger partial charge is 0.469 e. The highest BCUT2D eigenvalue weighted by atomic mass is 35.5. The molecule has 118 valence electrons. The van der Waals surface area contributed by atoms with Gasteiger partial charge in [-0.05, 0) is 12.8 Å². The molecule has 0 aromatic heterocycles. The van der Waals surface area contributed by atoms with Crippen molar-refractivity contribution in [3.63, 3.8) is 0 Å². The molecule has 0 spiro atoms. The molecular weight excluding hydrogens is 284 g/mol. The van der Waals surface area contributed by atoms with Crippen molar-refractivity contribution in [1.82, 2.24) is 10.6 Å². The molecule has 1 atom stereocenters. The molecular formula is C13H25ClN2O4. The van der Waals surface area contributed by atoms with Crippen LogP contribution in [-0.4, -0.2) is 51.3 Å². The van der Waals surface area contributed by atoms with Crippen LogP contribution in [-0.2, 0) is 19.1 Å². The van der Waals surface area contributed by atoms with Crippen LogP contribution in [0.2, 0.25) is 0 Å². The van der Waals surface area contributed by atoms with Gasteiger partial charge in [0.1, 0.15) is 6.10 Å². The molecule has 2 N–H and O–H groups in total. The number of carbonyl (C=O) groups excluding carboxylic acids is 2. The third-order valence-corrected chi connectivity index (χ3v) is 3.05. The molecule has 0 radical (unpaired) electrons. The quantitative estimate of drug-likeness (QED) is 0.508. The number of hydrogen-bond donors (Lipinski definition) is 2. The van der Waals surface area contributed by atoms with Gasteiger partial charge in [-0.2, -0.15) is 0 Å². The van der Waals surface area contributed by atoms with Crippen LogP contribution in [0.1, 0.15) is 32.1 Å². The minimum absolute atomic E-state index is 0. The highest BCUT2D eigenvalue weighted by Crippen LogP contribution is 2.03. The molecule has 7 heteroatoms. The molecule has 1 heterocycles. The topological polar surface area (TPSA) is 76.7 Å². The lowest BCUT2D eigenvalue weighted by Gasteiger charge is -2.22. The predicted molar refractivity (Wildman–Crippen MR) is 78.0 cm³/mol.